The van der Waals surface area contributed by atoms with E-state index in [1.54, 1.807) is 0 Å². The first-order chi connectivity index (χ1) is 16.2. The number of anilines is 3. The number of carbonyl (C=O) groups is 1. The Hall–Kier alpha value is -3.30. The van der Waals surface area contributed by atoms with Gasteiger partial charge in [0.1, 0.15) is 0 Å². The first-order valence-electron chi connectivity index (χ1n) is 11.6. The van der Waals surface area contributed by atoms with E-state index >= 15 is 0 Å². The molecule has 4 rings (SSSR count). The predicted octanol–water partition coefficient (Wildman–Crippen LogP) is 8.68. The Morgan fingerprint density at radius 3 is 1.59 bits per heavy atom. The van der Waals surface area contributed by atoms with Gasteiger partial charge in [0.2, 0.25) is 0 Å². The van der Waals surface area contributed by atoms with Crippen LogP contribution >= 0.6 is 12.6 Å². The molecule has 0 saturated heterocycles. The zero-order valence-electron chi connectivity index (χ0n) is 20.2. The predicted molar refractivity (Wildman–Crippen MR) is 147 cm³/mol. The first-order valence-corrected chi connectivity index (χ1v) is 12.1. The number of hydrogen-bond acceptors (Lipinski definition) is 3. The smallest absolute Gasteiger partial charge is 0.193 e. The fraction of sp³-hybridized carbons (Fsp3) is 0.194. The number of para-hydroxylation sites is 1. The van der Waals surface area contributed by atoms with Gasteiger partial charge in [-0.3, -0.25) is 4.79 Å². The number of rotatable bonds is 6. The number of hydrogen-bond donors (Lipinski definition) is 1. The van der Waals surface area contributed by atoms with Crippen LogP contribution < -0.4 is 4.90 Å². The molecule has 2 nitrogen and oxygen atoms in total. The van der Waals surface area contributed by atoms with Crippen molar-refractivity contribution in [3.63, 3.8) is 0 Å². The highest BCUT2D eigenvalue weighted by Crippen LogP contribution is 2.35. The van der Waals surface area contributed by atoms with Gasteiger partial charge in [0, 0.05) is 33.4 Å². The lowest BCUT2D eigenvalue weighted by Crippen LogP contribution is -2.12. The van der Waals surface area contributed by atoms with Gasteiger partial charge in [0.25, 0.3) is 0 Å². The van der Waals surface area contributed by atoms with Gasteiger partial charge in [-0.25, -0.2) is 0 Å². The molecule has 1 unspecified atom stereocenters. The van der Waals surface area contributed by atoms with Gasteiger partial charge in [0.15, 0.2) is 5.78 Å². The monoisotopic (exact) mass is 465 g/mol. The van der Waals surface area contributed by atoms with Gasteiger partial charge in [-0.05, 0) is 72.0 Å². The van der Waals surface area contributed by atoms with E-state index < -0.39 is 0 Å². The maximum absolute atomic E-state index is 13.1. The quantitative estimate of drug-likeness (QED) is 0.227. The summed E-state index contributed by atoms with van der Waals surface area (Å²) in [5.74, 6) is 0.0328. The van der Waals surface area contributed by atoms with E-state index in [2.05, 4.69) is 81.6 Å². The lowest BCUT2D eigenvalue weighted by Gasteiger charge is -2.26. The fourth-order valence-electron chi connectivity index (χ4n) is 3.98. The molecule has 0 fully saturated rings. The van der Waals surface area contributed by atoms with Crippen LogP contribution in [0.3, 0.4) is 0 Å². The minimum absolute atomic E-state index is 0.0328. The van der Waals surface area contributed by atoms with E-state index in [0.29, 0.717) is 11.1 Å². The molecule has 0 spiro atoms. The maximum Gasteiger partial charge on any atom is 0.193 e. The van der Waals surface area contributed by atoms with E-state index in [4.69, 9.17) is 0 Å². The molecule has 0 saturated carbocycles. The molecule has 172 valence electrons. The summed E-state index contributed by atoms with van der Waals surface area (Å²) >= 11 is 4.55. The molecule has 0 heterocycles. The third-order valence-corrected chi connectivity index (χ3v) is 6.35. The molecular weight excluding hydrogens is 434 g/mol. The Kier molecular flexibility index (Phi) is 6.95. The number of nitrogens with zero attached hydrogens (tertiary/aromatic N) is 1. The Morgan fingerprint density at radius 1 is 0.676 bits per heavy atom. The van der Waals surface area contributed by atoms with Crippen molar-refractivity contribution in [3.8, 4) is 0 Å². The van der Waals surface area contributed by atoms with Crippen molar-refractivity contribution in [2.45, 2.75) is 38.4 Å². The summed E-state index contributed by atoms with van der Waals surface area (Å²) in [7, 11) is 0. The van der Waals surface area contributed by atoms with Crippen molar-refractivity contribution in [1.82, 2.24) is 0 Å². The van der Waals surface area contributed by atoms with Gasteiger partial charge in [-0.2, -0.15) is 12.6 Å². The Labute approximate surface area is 208 Å². The fourth-order valence-corrected chi connectivity index (χ4v) is 4.15. The van der Waals surface area contributed by atoms with Gasteiger partial charge in [0.05, 0.1) is 0 Å². The van der Waals surface area contributed by atoms with Gasteiger partial charge in [-0.1, -0.05) is 75.4 Å². The Morgan fingerprint density at radius 2 is 1.12 bits per heavy atom. The molecule has 3 heteroatoms. The molecule has 34 heavy (non-hydrogen) atoms. The minimum Gasteiger partial charge on any atom is -0.311 e. The van der Waals surface area contributed by atoms with Crippen LogP contribution in [0.25, 0.3) is 0 Å². The summed E-state index contributed by atoms with van der Waals surface area (Å²) in [6, 6.07) is 34.5. The second-order valence-electron chi connectivity index (χ2n) is 9.64. The molecule has 4 aromatic carbocycles. The zero-order valence-corrected chi connectivity index (χ0v) is 21.1. The van der Waals surface area contributed by atoms with E-state index in [0.717, 1.165) is 17.1 Å². The van der Waals surface area contributed by atoms with E-state index in [1.807, 2.05) is 66.7 Å². The lowest BCUT2D eigenvalue weighted by molar-refractivity contribution is 0.103. The van der Waals surface area contributed by atoms with Crippen molar-refractivity contribution >= 4 is 35.5 Å². The number of benzene rings is 4. The van der Waals surface area contributed by atoms with Crippen LogP contribution in [0.1, 0.15) is 60.0 Å². The van der Waals surface area contributed by atoms with Crippen molar-refractivity contribution in [2.24, 2.45) is 0 Å². The average Bonchev–Trinajstić information content (AvgIpc) is 2.85. The minimum atomic E-state index is 0.0328. The summed E-state index contributed by atoms with van der Waals surface area (Å²) in [6.45, 7) is 8.59. The number of ketones is 1. The topological polar surface area (TPSA) is 20.3 Å². The summed E-state index contributed by atoms with van der Waals surface area (Å²) in [4.78, 5) is 15.3. The molecule has 0 amide bonds. The summed E-state index contributed by atoms with van der Waals surface area (Å²) in [6.07, 6.45) is 0. The van der Waals surface area contributed by atoms with E-state index in [9.17, 15) is 4.79 Å². The zero-order chi connectivity index (χ0) is 24.3. The lowest BCUT2D eigenvalue weighted by atomic mass is 9.86. The molecule has 0 aliphatic heterocycles. The van der Waals surface area contributed by atoms with Gasteiger partial charge < -0.3 is 4.90 Å². The van der Waals surface area contributed by atoms with Crippen LogP contribution in [0.15, 0.2) is 103 Å². The molecule has 0 aliphatic rings. The van der Waals surface area contributed by atoms with Crippen LogP contribution in [-0.2, 0) is 5.41 Å². The van der Waals surface area contributed by atoms with Crippen LogP contribution in [0.2, 0.25) is 0 Å². The van der Waals surface area contributed by atoms with Crippen LogP contribution in [0, 0.1) is 0 Å². The van der Waals surface area contributed by atoms with Crippen molar-refractivity contribution in [1.29, 1.82) is 0 Å². The van der Waals surface area contributed by atoms with Crippen molar-refractivity contribution < 1.29 is 4.79 Å². The molecule has 0 bridgehead atoms. The van der Waals surface area contributed by atoms with Gasteiger partial charge >= 0.3 is 0 Å². The largest absolute Gasteiger partial charge is 0.311 e. The van der Waals surface area contributed by atoms with E-state index in [-0.39, 0.29) is 16.4 Å². The number of thiol groups is 1. The third-order valence-electron chi connectivity index (χ3n) is 6.05. The van der Waals surface area contributed by atoms with Crippen LogP contribution in [0.4, 0.5) is 17.1 Å². The third kappa shape index (κ3) is 5.26. The Balaban J connectivity index is 1.64. The highest BCUT2D eigenvalue weighted by Gasteiger charge is 2.17. The van der Waals surface area contributed by atoms with E-state index in [1.165, 1.54) is 11.1 Å². The Bertz CT molecular complexity index is 1240. The highest BCUT2D eigenvalue weighted by molar-refractivity contribution is 7.80. The second kappa shape index (κ2) is 9.90. The standard InChI is InChI=1S/C31H31NOS/c1-22(34)23-12-18-28(19-13-23)32(27-8-6-5-7-9-27)29-20-14-25(15-21-29)30(33)24-10-16-26(17-11-24)31(2,3)4/h5-22,34H,1-4H3. The number of carbonyl (C=O) groups excluding carboxylic acids is 1. The molecule has 4 aromatic rings. The molecular formula is C31H31NOS. The summed E-state index contributed by atoms with van der Waals surface area (Å²) < 4.78 is 0. The summed E-state index contributed by atoms with van der Waals surface area (Å²) in [5, 5.41) is 0.182. The normalized spacial score (nSPS) is 12.3. The average molecular weight is 466 g/mol. The molecule has 0 aromatic heterocycles. The first kappa shape index (κ1) is 23.8. The van der Waals surface area contributed by atoms with Crippen molar-refractivity contribution in [3.05, 3.63) is 125 Å². The second-order valence-corrected chi connectivity index (χ2v) is 10.4. The van der Waals surface area contributed by atoms with Crippen molar-refractivity contribution in [2.75, 3.05) is 4.90 Å². The van der Waals surface area contributed by atoms with Crippen LogP contribution in [0.5, 0.6) is 0 Å². The van der Waals surface area contributed by atoms with Gasteiger partial charge in [-0.15, -0.1) is 0 Å². The molecule has 0 radical (unpaired) electrons. The highest BCUT2D eigenvalue weighted by atomic mass is 32.1. The molecule has 0 N–H and O–H groups in total. The van der Waals surface area contributed by atoms with Crippen LogP contribution in [-0.4, -0.2) is 5.78 Å². The SMILES string of the molecule is CC(S)c1ccc(N(c2ccccc2)c2ccc(C(=O)c3ccc(C(C)(C)C)cc3)cc2)cc1. The summed E-state index contributed by atoms with van der Waals surface area (Å²) in [5.41, 5.74) is 6.96. The molecule has 0 aliphatic carbocycles. The maximum atomic E-state index is 13.1. The molecule has 1 atom stereocenters.